The Balaban J connectivity index is 5.23. The lowest BCUT2D eigenvalue weighted by Crippen LogP contribution is -2.47. The molecule has 3 unspecified atom stereocenters. The predicted molar refractivity (Wildman–Crippen MR) is 323 cm³/mol. The number of allylic oxidation sites excluding steroid dienone is 11. The highest BCUT2D eigenvalue weighted by atomic mass is 31.2. The van der Waals surface area contributed by atoms with Crippen LogP contribution in [0.3, 0.4) is 0 Å². The van der Waals surface area contributed by atoms with Gasteiger partial charge in [-0.3, -0.25) is 18.6 Å². The van der Waals surface area contributed by atoms with E-state index in [0.717, 1.165) is 103 Å². The molecule has 0 aliphatic heterocycles. The van der Waals surface area contributed by atoms with Crippen LogP contribution in [-0.2, 0) is 27.9 Å². The molecule has 0 radical (unpaired) electrons. The number of amides is 1. The van der Waals surface area contributed by atoms with E-state index >= 15 is 0 Å². The average Bonchev–Trinajstić information content (AvgIpc) is 3.37. The van der Waals surface area contributed by atoms with E-state index in [1.807, 2.05) is 33.3 Å². The summed E-state index contributed by atoms with van der Waals surface area (Å²) in [4.78, 5) is 37.7. The quantitative estimate of drug-likeness (QED) is 0.0205. The lowest BCUT2D eigenvalue weighted by molar-refractivity contribution is -0.870. The first-order chi connectivity index (χ1) is 36.4. The van der Waals surface area contributed by atoms with Gasteiger partial charge in [0.25, 0.3) is 0 Å². The molecule has 0 saturated carbocycles. The summed E-state index contributed by atoms with van der Waals surface area (Å²) < 4.78 is 30.7. The third kappa shape index (κ3) is 56.0. The molecule has 1 amide bonds. The van der Waals surface area contributed by atoms with Crippen LogP contribution in [0.5, 0.6) is 0 Å². The number of carbonyl (C=O) groups excluding carboxylic acids is 2. The standard InChI is InChI=1S/C65H119N2O7P/c1-7-10-13-16-19-22-25-27-29-31-32-33-34-36-37-39-42-45-48-51-54-57-64(68)66-62(61-73-75(70,71)72-60-59-67(4,5)6)63(56-53-50-47-44-41-24-21-18-15-12-9-3)74-65(69)58-55-52-49-46-43-40-38-35-30-28-26-23-20-17-14-11-8-2/h19-20,22-23,27-30,32-33,53,56,62-63H,7-18,21,24-26,31,34-52,54-55,57-61H2,1-6H3,(H-,66,68,70,71)/p+1/b22-19-,23-20-,29-27-,30-28-,33-32-,56-53-. The molecular weight excluding hydrogens is 952 g/mol. The number of esters is 1. The van der Waals surface area contributed by atoms with Gasteiger partial charge < -0.3 is 19.4 Å². The van der Waals surface area contributed by atoms with Crippen LogP contribution in [0, 0.1) is 0 Å². The molecule has 0 aromatic carbocycles. The number of likely N-dealkylation sites (N-methyl/N-ethyl adjacent to an activating group) is 1. The van der Waals surface area contributed by atoms with E-state index in [0.29, 0.717) is 17.4 Å². The van der Waals surface area contributed by atoms with Crippen LogP contribution in [0.25, 0.3) is 0 Å². The third-order valence-electron chi connectivity index (χ3n) is 13.6. The molecule has 0 bridgehead atoms. The van der Waals surface area contributed by atoms with Crippen molar-refractivity contribution in [2.75, 3.05) is 40.9 Å². The van der Waals surface area contributed by atoms with Gasteiger partial charge in [0.2, 0.25) is 5.91 Å². The first-order valence-electron chi connectivity index (χ1n) is 31.3. The topological polar surface area (TPSA) is 111 Å². The average molecular weight is 1070 g/mol. The van der Waals surface area contributed by atoms with Gasteiger partial charge in [-0.2, -0.15) is 0 Å². The molecule has 9 nitrogen and oxygen atoms in total. The van der Waals surface area contributed by atoms with Crippen LogP contribution in [-0.4, -0.2) is 74.3 Å². The Bertz CT molecular complexity index is 1510. The fraction of sp³-hybridized carbons (Fsp3) is 0.785. The van der Waals surface area contributed by atoms with Crippen LogP contribution in [0.1, 0.15) is 278 Å². The van der Waals surface area contributed by atoms with Gasteiger partial charge in [0.05, 0.1) is 33.8 Å². The second-order valence-corrected chi connectivity index (χ2v) is 23.7. The Morgan fingerprint density at radius 2 is 0.813 bits per heavy atom. The van der Waals surface area contributed by atoms with E-state index < -0.39 is 20.0 Å². The van der Waals surface area contributed by atoms with Gasteiger partial charge in [0, 0.05) is 12.8 Å². The number of hydrogen-bond donors (Lipinski definition) is 2. The molecule has 0 heterocycles. The zero-order chi connectivity index (χ0) is 55.0. The van der Waals surface area contributed by atoms with Crippen molar-refractivity contribution in [2.45, 2.75) is 290 Å². The molecule has 2 N–H and O–H groups in total. The number of rotatable bonds is 56. The van der Waals surface area contributed by atoms with Gasteiger partial charge in [0.1, 0.15) is 19.3 Å². The smallest absolute Gasteiger partial charge is 0.456 e. The first kappa shape index (κ1) is 72.5. The second-order valence-electron chi connectivity index (χ2n) is 22.2. The van der Waals surface area contributed by atoms with Crippen LogP contribution in [0.2, 0.25) is 0 Å². The number of phosphoric acid groups is 1. The fourth-order valence-electron chi connectivity index (χ4n) is 8.74. The highest BCUT2D eigenvalue weighted by molar-refractivity contribution is 7.47. The molecule has 0 spiro atoms. The molecule has 75 heavy (non-hydrogen) atoms. The van der Waals surface area contributed by atoms with Crippen molar-refractivity contribution in [2.24, 2.45) is 0 Å². The summed E-state index contributed by atoms with van der Waals surface area (Å²) in [5.74, 6) is -0.521. The zero-order valence-electron chi connectivity index (χ0n) is 49.8. The fourth-order valence-corrected chi connectivity index (χ4v) is 9.48. The summed E-state index contributed by atoms with van der Waals surface area (Å²) in [6, 6.07) is -0.858. The minimum Gasteiger partial charge on any atom is -0.456 e. The van der Waals surface area contributed by atoms with Crippen molar-refractivity contribution >= 4 is 19.7 Å². The summed E-state index contributed by atoms with van der Waals surface area (Å²) in [5, 5.41) is 3.05. The number of carbonyl (C=O) groups is 2. The predicted octanol–water partition coefficient (Wildman–Crippen LogP) is 19.2. The van der Waals surface area contributed by atoms with Crippen LogP contribution < -0.4 is 5.32 Å². The van der Waals surface area contributed by atoms with E-state index in [-0.39, 0.29) is 31.5 Å². The van der Waals surface area contributed by atoms with Crippen molar-refractivity contribution in [1.82, 2.24) is 5.32 Å². The van der Waals surface area contributed by atoms with Crippen LogP contribution >= 0.6 is 7.82 Å². The number of hydrogen-bond acceptors (Lipinski definition) is 6. The Kier molecular flexibility index (Phi) is 52.9. The number of nitrogens with one attached hydrogen (secondary N) is 1. The highest BCUT2D eigenvalue weighted by Crippen LogP contribution is 2.43. The van der Waals surface area contributed by atoms with E-state index in [2.05, 4.69) is 86.8 Å². The van der Waals surface area contributed by atoms with E-state index in [1.165, 1.54) is 141 Å². The number of nitrogens with zero attached hydrogens (tertiary/aromatic N) is 1. The summed E-state index contributed by atoms with van der Waals surface area (Å²) in [5.41, 5.74) is 0. The highest BCUT2D eigenvalue weighted by Gasteiger charge is 2.30. The third-order valence-corrected chi connectivity index (χ3v) is 14.6. The van der Waals surface area contributed by atoms with E-state index in [1.54, 1.807) is 0 Å². The molecule has 436 valence electrons. The summed E-state index contributed by atoms with van der Waals surface area (Å²) in [7, 11) is 1.48. The van der Waals surface area contributed by atoms with Gasteiger partial charge in [0.15, 0.2) is 0 Å². The monoisotopic (exact) mass is 1070 g/mol. The Labute approximate surface area is 463 Å². The van der Waals surface area contributed by atoms with Gasteiger partial charge in [-0.25, -0.2) is 4.57 Å². The Morgan fingerprint density at radius 1 is 0.467 bits per heavy atom. The van der Waals surface area contributed by atoms with Crippen molar-refractivity contribution in [3.63, 3.8) is 0 Å². The summed E-state index contributed by atoms with van der Waals surface area (Å²) >= 11 is 0. The second kappa shape index (κ2) is 54.8. The normalized spacial score (nSPS) is 14.2. The van der Waals surface area contributed by atoms with Crippen LogP contribution in [0.15, 0.2) is 72.9 Å². The Hall–Kier alpha value is -2.55. The number of ether oxygens (including phenoxy) is 1. The first-order valence-corrected chi connectivity index (χ1v) is 32.8. The minimum atomic E-state index is -4.45. The largest absolute Gasteiger partial charge is 0.472 e. The Morgan fingerprint density at radius 3 is 1.24 bits per heavy atom. The van der Waals surface area contributed by atoms with E-state index in [9.17, 15) is 19.0 Å². The van der Waals surface area contributed by atoms with Crippen molar-refractivity contribution in [1.29, 1.82) is 0 Å². The summed E-state index contributed by atoms with van der Waals surface area (Å²) in [6.45, 7) is 6.95. The minimum absolute atomic E-state index is 0.0351. The van der Waals surface area contributed by atoms with Gasteiger partial charge >= 0.3 is 13.8 Å². The maximum atomic E-state index is 13.5. The van der Waals surface area contributed by atoms with Gasteiger partial charge in [-0.1, -0.05) is 235 Å². The van der Waals surface area contributed by atoms with Crippen molar-refractivity contribution in [3.8, 4) is 0 Å². The number of quaternary nitrogens is 1. The maximum absolute atomic E-state index is 13.5. The van der Waals surface area contributed by atoms with Crippen molar-refractivity contribution < 1.29 is 37.3 Å². The number of phosphoric ester groups is 1. The van der Waals surface area contributed by atoms with Crippen molar-refractivity contribution in [3.05, 3.63) is 72.9 Å². The zero-order valence-corrected chi connectivity index (χ0v) is 50.7. The summed E-state index contributed by atoms with van der Waals surface area (Å²) in [6.07, 6.45) is 70.3. The molecule has 0 rings (SSSR count). The SMILES string of the molecule is CCCCC/C=C\C/C=C\C/C=C\CCCCCCCCCCC(=O)NC(COP(=O)(O)OCC[N+](C)(C)C)C(/C=C\CCCCCCCCCCC)OC(=O)CCCCCCCCC/C=C\C/C=C\CCCCC. The van der Waals surface area contributed by atoms with E-state index in [4.69, 9.17) is 13.8 Å². The molecule has 0 fully saturated rings. The molecule has 0 aromatic rings. The molecule has 3 atom stereocenters. The lowest BCUT2D eigenvalue weighted by atomic mass is 10.0. The van der Waals surface area contributed by atoms with Gasteiger partial charge in [-0.15, -0.1) is 0 Å². The van der Waals surface area contributed by atoms with Gasteiger partial charge in [-0.05, 0) is 102 Å². The molecule has 0 aromatic heterocycles. The molecule has 0 aliphatic rings. The lowest BCUT2D eigenvalue weighted by Gasteiger charge is -2.27. The molecular formula is C65H120N2O7P+. The van der Waals surface area contributed by atoms with Crippen LogP contribution in [0.4, 0.5) is 0 Å². The number of unbranched alkanes of at least 4 members (excludes halogenated alkanes) is 30. The molecule has 10 heteroatoms. The molecule has 0 aliphatic carbocycles. The molecule has 0 saturated heterocycles. The maximum Gasteiger partial charge on any atom is 0.472 e.